The van der Waals surface area contributed by atoms with Crippen LogP contribution in [0.5, 0.6) is 5.75 Å². The molecule has 1 unspecified atom stereocenters. The smallest absolute Gasteiger partial charge is 0.311 e. The van der Waals surface area contributed by atoms with Crippen molar-refractivity contribution in [2.45, 2.75) is 19.3 Å². The SMILES string of the molecule is COc1cccc(N2CC(C(=O)OCCCc3nc(-c4cccnc4)no3)CC2=O)c1. The van der Waals surface area contributed by atoms with E-state index in [-0.39, 0.29) is 24.9 Å². The van der Waals surface area contributed by atoms with Crippen LogP contribution in [0.25, 0.3) is 11.4 Å². The molecule has 0 radical (unpaired) electrons. The van der Waals surface area contributed by atoms with Crippen molar-refractivity contribution in [2.24, 2.45) is 5.92 Å². The topological polar surface area (TPSA) is 108 Å². The van der Waals surface area contributed by atoms with Gasteiger partial charge in [0, 0.05) is 49.1 Å². The minimum absolute atomic E-state index is 0.107. The molecule has 1 atom stereocenters. The maximum absolute atomic E-state index is 12.4. The van der Waals surface area contributed by atoms with E-state index < -0.39 is 5.92 Å². The van der Waals surface area contributed by atoms with E-state index in [2.05, 4.69) is 15.1 Å². The van der Waals surface area contributed by atoms with Crippen LogP contribution < -0.4 is 9.64 Å². The zero-order valence-corrected chi connectivity index (χ0v) is 17.1. The highest BCUT2D eigenvalue weighted by molar-refractivity contribution is 5.99. The van der Waals surface area contributed by atoms with Gasteiger partial charge in [0.2, 0.25) is 17.6 Å². The van der Waals surface area contributed by atoms with Gasteiger partial charge in [-0.3, -0.25) is 14.6 Å². The first-order valence-electron chi connectivity index (χ1n) is 9.98. The largest absolute Gasteiger partial charge is 0.497 e. The Balaban J connectivity index is 1.24. The van der Waals surface area contributed by atoms with E-state index in [0.29, 0.717) is 42.5 Å². The summed E-state index contributed by atoms with van der Waals surface area (Å²) < 4.78 is 15.8. The Morgan fingerprint density at radius 1 is 1.29 bits per heavy atom. The van der Waals surface area contributed by atoms with Crippen LogP contribution in [0.2, 0.25) is 0 Å². The van der Waals surface area contributed by atoms with Gasteiger partial charge in [-0.25, -0.2) is 0 Å². The third-order valence-electron chi connectivity index (χ3n) is 4.99. The lowest BCUT2D eigenvalue weighted by Crippen LogP contribution is -2.26. The van der Waals surface area contributed by atoms with Gasteiger partial charge in [-0.2, -0.15) is 4.98 Å². The highest BCUT2D eigenvalue weighted by atomic mass is 16.5. The number of amides is 1. The summed E-state index contributed by atoms with van der Waals surface area (Å²) >= 11 is 0. The summed E-state index contributed by atoms with van der Waals surface area (Å²) in [6, 6.07) is 10.9. The Labute approximate surface area is 179 Å². The number of rotatable bonds is 8. The molecule has 0 spiro atoms. The van der Waals surface area contributed by atoms with E-state index in [9.17, 15) is 9.59 Å². The standard InChI is InChI=1S/C22H22N4O5/c1-29-18-7-2-6-17(12-18)26-14-16(11-20(26)27)22(28)30-10-4-8-19-24-21(25-31-19)15-5-3-9-23-13-15/h2-3,5-7,9,12-13,16H,4,8,10-11,14H2,1H3. The third-order valence-corrected chi connectivity index (χ3v) is 4.99. The van der Waals surface area contributed by atoms with Gasteiger partial charge >= 0.3 is 5.97 Å². The number of benzene rings is 1. The third kappa shape index (κ3) is 4.88. The average molecular weight is 422 g/mol. The predicted molar refractivity (Wildman–Crippen MR) is 110 cm³/mol. The lowest BCUT2D eigenvalue weighted by Gasteiger charge is -2.17. The summed E-state index contributed by atoms with van der Waals surface area (Å²) in [5, 5.41) is 3.94. The van der Waals surface area contributed by atoms with Crippen LogP contribution >= 0.6 is 0 Å². The van der Waals surface area contributed by atoms with E-state index in [1.165, 1.54) is 0 Å². The molecule has 9 heteroatoms. The molecule has 1 amide bonds. The Kier molecular flexibility index (Phi) is 6.21. The van der Waals surface area contributed by atoms with Crippen LogP contribution in [0.15, 0.2) is 53.3 Å². The highest BCUT2D eigenvalue weighted by Crippen LogP contribution is 2.28. The molecule has 31 heavy (non-hydrogen) atoms. The zero-order valence-electron chi connectivity index (χ0n) is 17.1. The summed E-state index contributed by atoms with van der Waals surface area (Å²) in [6.45, 7) is 0.510. The van der Waals surface area contributed by atoms with E-state index >= 15 is 0 Å². The molecule has 4 rings (SSSR count). The molecular weight excluding hydrogens is 400 g/mol. The first kappa shape index (κ1) is 20.5. The molecular formula is C22H22N4O5. The lowest BCUT2D eigenvalue weighted by atomic mass is 10.1. The van der Waals surface area contributed by atoms with Crippen LogP contribution in [0, 0.1) is 5.92 Å². The van der Waals surface area contributed by atoms with Crippen LogP contribution in [0.3, 0.4) is 0 Å². The Morgan fingerprint density at radius 2 is 2.19 bits per heavy atom. The van der Waals surface area contributed by atoms with Crippen molar-refractivity contribution < 1.29 is 23.6 Å². The Bertz CT molecular complexity index is 1050. The first-order valence-corrected chi connectivity index (χ1v) is 9.98. The molecule has 1 aromatic carbocycles. The van der Waals surface area contributed by atoms with Gasteiger partial charge in [-0.1, -0.05) is 11.2 Å². The van der Waals surface area contributed by atoms with Crippen molar-refractivity contribution in [3.05, 3.63) is 54.7 Å². The monoisotopic (exact) mass is 422 g/mol. The molecule has 1 aliphatic rings. The molecule has 9 nitrogen and oxygen atoms in total. The summed E-state index contributed by atoms with van der Waals surface area (Å²) in [4.78, 5) is 34.7. The number of anilines is 1. The molecule has 1 saturated heterocycles. The predicted octanol–water partition coefficient (Wildman–Crippen LogP) is 2.67. The minimum atomic E-state index is -0.487. The second kappa shape index (κ2) is 9.38. The van der Waals surface area contributed by atoms with Crippen LogP contribution in [-0.4, -0.2) is 47.3 Å². The molecule has 0 bridgehead atoms. The molecule has 2 aromatic heterocycles. The molecule has 1 aliphatic heterocycles. The number of ether oxygens (including phenoxy) is 2. The van der Waals surface area contributed by atoms with Crippen molar-refractivity contribution in [3.8, 4) is 17.1 Å². The number of hydrogen-bond donors (Lipinski definition) is 0. The summed E-state index contributed by atoms with van der Waals surface area (Å²) in [6.07, 6.45) is 4.50. The zero-order chi connectivity index (χ0) is 21.6. The van der Waals surface area contributed by atoms with Gasteiger partial charge in [-0.05, 0) is 30.7 Å². The van der Waals surface area contributed by atoms with Crippen LogP contribution in [0.4, 0.5) is 5.69 Å². The second-order valence-electron chi connectivity index (χ2n) is 7.13. The molecule has 0 aliphatic carbocycles. The average Bonchev–Trinajstić information content (AvgIpc) is 3.44. The van der Waals surface area contributed by atoms with Gasteiger partial charge < -0.3 is 18.9 Å². The summed E-state index contributed by atoms with van der Waals surface area (Å²) in [5.74, 6) is 0.630. The Morgan fingerprint density at radius 3 is 3.00 bits per heavy atom. The van der Waals surface area contributed by atoms with Crippen molar-refractivity contribution >= 4 is 17.6 Å². The number of aryl methyl sites for hydroxylation is 1. The summed E-state index contributed by atoms with van der Waals surface area (Å²) in [7, 11) is 1.57. The molecule has 3 aromatic rings. The second-order valence-corrected chi connectivity index (χ2v) is 7.13. The number of methoxy groups -OCH3 is 1. The quantitative estimate of drug-likeness (QED) is 0.403. The van der Waals surface area contributed by atoms with E-state index in [0.717, 1.165) is 5.56 Å². The van der Waals surface area contributed by atoms with E-state index in [1.54, 1.807) is 42.6 Å². The number of nitrogens with zero attached hydrogens (tertiary/aromatic N) is 4. The van der Waals surface area contributed by atoms with Crippen LogP contribution in [-0.2, 0) is 20.7 Å². The minimum Gasteiger partial charge on any atom is -0.497 e. The molecule has 160 valence electrons. The van der Waals surface area contributed by atoms with Crippen molar-refractivity contribution in [3.63, 3.8) is 0 Å². The molecule has 3 heterocycles. The number of pyridine rings is 1. The van der Waals surface area contributed by atoms with Gasteiger partial charge in [0.25, 0.3) is 0 Å². The number of carbonyl (C=O) groups is 2. The van der Waals surface area contributed by atoms with Crippen molar-refractivity contribution in [1.82, 2.24) is 15.1 Å². The first-order chi connectivity index (χ1) is 15.1. The Hall–Kier alpha value is -3.75. The number of aromatic nitrogens is 3. The van der Waals surface area contributed by atoms with Gasteiger partial charge in [0.15, 0.2) is 0 Å². The lowest BCUT2D eigenvalue weighted by molar-refractivity contribution is -0.148. The number of hydrogen-bond acceptors (Lipinski definition) is 8. The maximum atomic E-state index is 12.4. The molecule has 0 saturated carbocycles. The van der Waals surface area contributed by atoms with Crippen LogP contribution in [0.1, 0.15) is 18.7 Å². The fourth-order valence-corrected chi connectivity index (χ4v) is 3.38. The number of esters is 1. The molecule has 1 fully saturated rings. The summed E-state index contributed by atoms with van der Waals surface area (Å²) in [5.41, 5.74) is 1.48. The fourth-order valence-electron chi connectivity index (χ4n) is 3.38. The maximum Gasteiger partial charge on any atom is 0.311 e. The van der Waals surface area contributed by atoms with Crippen molar-refractivity contribution in [2.75, 3.05) is 25.2 Å². The molecule has 0 N–H and O–H groups in total. The highest BCUT2D eigenvalue weighted by Gasteiger charge is 2.36. The fraction of sp³-hybridized carbons (Fsp3) is 0.318. The normalized spacial score (nSPS) is 15.8. The van der Waals surface area contributed by atoms with Gasteiger partial charge in [0.05, 0.1) is 19.6 Å². The van der Waals surface area contributed by atoms with Crippen molar-refractivity contribution in [1.29, 1.82) is 0 Å². The van der Waals surface area contributed by atoms with E-state index in [1.807, 2.05) is 18.2 Å². The number of carbonyl (C=O) groups excluding carboxylic acids is 2. The van der Waals surface area contributed by atoms with Gasteiger partial charge in [-0.15, -0.1) is 0 Å². The van der Waals surface area contributed by atoms with E-state index in [4.69, 9.17) is 14.0 Å². The van der Waals surface area contributed by atoms with Gasteiger partial charge in [0.1, 0.15) is 5.75 Å².